The van der Waals surface area contributed by atoms with Crippen molar-refractivity contribution in [2.75, 3.05) is 19.8 Å². The third kappa shape index (κ3) is 14.3. The average molecular weight is 907 g/mol. The third-order valence-corrected chi connectivity index (χ3v) is 11.2. The quantitative estimate of drug-likeness (QED) is 0.0441. The van der Waals surface area contributed by atoms with Crippen LogP contribution in [0.3, 0.4) is 0 Å². The fourth-order valence-electron chi connectivity index (χ4n) is 7.05. The van der Waals surface area contributed by atoms with E-state index in [4.69, 9.17) is 14.2 Å². The molecule has 0 fully saturated rings. The molecule has 0 heterocycles. The first kappa shape index (κ1) is 48.6. The maximum atomic E-state index is 12.3. The Labute approximate surface area is 406 Å². The van der Waals surface area contributed by atoms with Crippen molar-refractivity contribution in [3.63, 3.8) is 0 Å². The van der Waals surface area contributed by atoms with Crippen LogP contribution < -0.4 is 0 Å². The molecule has 6 heteroatoms. The van der Waals surface area contributed by atoms with E-state index in [2.05, 4.69) is 111 Å². The summed E-state index contributed by atoms with van der Waals surface area (Å²) in [6, 6.07) is 52.8. The van der Waals surface area contributed by atoms with Gasteiger partial charge in [-0.2, -0.15) is 0 Å². The summed E-state index contributed by atoms with van der Waals surface area (Å²) in [6.45, 7) is 7.44. The van der Waals surface area contributed by atoms with Gasteiger partial charge in [0.25, 0.3) is 0 Å². The molecule has 0 aliphatic carbocycles. The monoisotopic (exact) mass is 906 g/mol. The molecular weight excluding hydrogens is 853 g/mol. The molecule has 7 aromatic carbocycles. The minimum Gasteiger partial charge on any atom is -0.462 e. The molecule has 0 atom stereocenters. The van der Waals surface area contributed by atoms with Gasteiger partial charge in [-0.1, -0.05) is 112 Å². The van der Waals surface area contributed by atoms with Crippen LogP contribution in [-0.2, 0) is 14.2 Å². The lowest BCUT2D eigenvalue weighted by Crippen LogP contribution is -2.06. The van der Waals surface area contributed by atoms with Gasteiger partial charge in [0.2, 0.25) is 0 Å². The number of esters is 3. The summed E-state index contributed by atoms with van der Waals surface area (Å²) in [5, 5.41) is 0. The smallest absolute Gasteiger partial charge is 0.338 e. The number of carbonyl (C=O) groups excluding carboxylic acids is 3. The number of ether oxygens (including phenoxy) is 3. The first-order valence-corrected chi connectivity index (χ1v) is 23.6. The predicted octanol–water partition coefficient (Wildman–Crippen LogP) is 13.8. The highest BCUT2D eigenvalue weighted by Gasteiger charge is 2.11. The summed E-state index contributed by atoms with van der Waals surface area (Å²) in [4.78, 5) is 37.0. The molecular formula is C63H54O6. The molecule has 7 rings (SSSR count). The summed E-state index contributed by atoms with van der Waals surface area (Å²) in [7, 11) is 0. The van der Waals surface area contributed by atoms with Crippen molar-refractivity contribution < 1.29 is 28.6 Å². The standard InChI is InChI=1S/C63H54O6/c1-4-7-40-67-61(64)55-34-22-49(23-35-55)13-10-46-16-28-52(29-17-46)58-43-59(53-30-18-47(19-31-53)11-14-50-24-36-56(37-25-50)62(65)68-41-8-5-2)45-60(44-58)54-32-20-48(21-33-54)12-15-51-26-38-57(39-27-51)63(66)69-42-9-6-3/h16-39,43-45H,4-9,40-42H2,1-3H3. The molecule has 0 N–H and O–H groups in total. The van der Waals surface area contributed by atoms with Crippen LogP contribution in [0.2, 0.25) is 0 Å². The van der Waals surface area contributed by atoms with Crippen LogP contribution in [0.4, 0.5) is 0 Å². The van der Waals surface area contributed by atoms with E-state index in [1.54, 1.807) is 36.4 Å². The maximum absolute atomic E-state index is 12.3. The topological polar surface area (TPSA) is 78.9 Å². The summed E-state index contributed by atoms with van der Waals surface area (Å²) in [6.07, 6.45) is 5.43. The highest BCUT2D eigenvalue weighted by atomic mass is 16.5. The number of hydrogen-bond acceptors (Lipinski definition) is 6. The Hall–Kier alpha value is -8.37. The molecule has 342 valence electrons. The highest BCUT2D eigenvalue weighted by molar-refractivity contribution is 5.90. The molecule has 7 aromatic rings. The molecule has 0 saturated carbocycles. The Balaban J connectivity index is 1.11. The highest BCUT2D eigenvalue weighted by Crippen LogP contribution is 2.33. The number of hydrogen-bond donors (Lipinski definition) is 0. The van der Waals surface area contributed by atoms with Crippen LogP contribution in [0.15, 0.2) is 164 Å². The largest absolute Gasteiger partial charge is 0.462 e. The lowest BCUT2D eigenvalue weighted by molar-refractivity contribution is 0.0490. The van der Waals surface area contributed by atoms with Crippen molar-refractivity contribution in [3.05, 3.63) is 214 Å². The fourth-order valence-corrected chi connectivity index (χ4v) is 7.05. The fraction of sp³-hybridized carbons (Fsp3) is 0.190. The zero-order valence-electron chi connectivity index (χ0n) is 39.4. The zero-order chi connectivity index (χ0) is 48.2. The average Bonchev–Trinajstić information content (AvgIpc) is 3.40. The van der Waals surface area contributed by atoms with Gasteiger partial charge in [0.05, 0.1) is 36.5 Å². The SMILES string of the molecule is CCCCOC(=O)c1ccc(C#Cc2ccc(-c3cc(-c4ccc(C#Cc5ccc(C(=O)OCCCC)cc5)cc4)cc(-c4ccc(C#Cc5ccc(C(=O)OCCCC)cc5)cc4)c3)cc2)cc1. The first-order valence-electron chi connectivity index (χ1n) is 23.6. The number of carbonyl (C=O) groups is 3. The minimum absolute atomic E-state index is 0.319. The molecule has 0 aliphatic heterocycles. The van der Waals surface area contributed by atoms with E-state index in [1.165, 1.54) is 0 Å². The molecule has 0 saturated heterocycles. The van der Waals surface area contributed by atoms with Gasteiger partial charge in [0.15, 0.2) is 0 Å². The molecule has 0 spiro atoms. The van der Waals surface area contributed by atoms with E-state index in [0.29, 0.717) is 36.5 Å². The summed E-state index contributed by atoms with van der Waals surface area (Å²) in [5.74, 6) is 18.5. The lowest BCUT2D eigenvalue weighted by atomic mass is 9.92. The van der Waals surface area contributed by atoms with Gasteiger partial charge in [0, 0.05) is 33.4 Å². The molecule has 0 radical (unpaired) electrons. The second-order valence-electron chi connectivity index (χ2n) is 16.5. The van der Waals surface area contributed by atoms with E-state index < -0.39 is 0 Å². The molecule has 0 aromatic heterocycles. The second-order valence-corrected chi connectivity index (χ2v) is 16.5. The van der Waals surface area contributed by atoms with Crippen LogP contribution in [0, 0.1) is 35.5 Å². The molecule has 0 aliphatic rings. The molecule has 0 unspecified atom stereocenters. The summed E-state index contributed by atoms with van der Waals surface area (Å²) in [5.41, 5.74) is 12.8. The number of unbranched alkanes of at least 4 members (excludes halogenated alkanes) is 3. The molecule has 0 amide bonds. The van der Waals surface area contributed by atoms with Crippen LogP contribution in [0.1, 0.15) is 124 Å². The van der Waals surface area contributed by atoms with Gasteiger partial charge in [-0.25, -0.2) is 14.4 Å². The van der Waals surface area contributed by atoms with Gasteiger partial charge in [-0.3, -0.25) is 0 Å². The van der Waals surface area contributed by atoms with Gasteiger partial charge in [-0.15, -0.1) is 0 Å². The van der Waals surface area contributed by atoms with Crippen molar-refractivity contribution in [2.24, 2.45) is 0 Å². The van der Waals surface area contributed by atoms with Gasteiger partial charge in [-0.05, 0) is 180 Å². The van der Waals surface area contributed by atoms with E-state index in [0.717, 1.165) is 105 Å². The lowest BCUT2D eigenvalue weighted by Gasteiger charge is -2.12. The van der Waals surface area contributed by atoms with E-state index in [-0.39, 0.29) is 17.9 Å². The molecule has 69 heavy (non-hydrogen) atoms. The van der Waals surface area contributed by atoms with E-state index in [1.807, 2.05) is 72.8 Å². The van der Waals surface area contributed by atoms with Gasteiger partial charge in [0.1, 0.15) is 0 Å². The van der Waals surface area contributed by atoms with Crippen molar-refractivity contribution >= 4 is 17.9 Å². The van der Waals surface area contributed by atoms with Crippen LogP contribution in [0.25, 0.3) is 33.4 Å². The number of rotatable bonds is 15. The summed E-state index contributed by atoms with van der Waals surface area (Å²) >= 11 is 0. The van der Waals surface area contributed by atoms with E-state index in [9.17, 15) is 14.4 Å². The van der Waals surface area contributed by atoms with Crippen molar-refractivity contribution in [1.82, 2.24) is 0 Å². The van der Waals surface area contributed by atoms with Crippen molar-refractivity contribution in [2.45, 2.75) is 59.3 Å². The number of benzene rings is 7. The Morgan fingerprint density at radius 2 is 0.507 bits per heavy atom. The van der Waals surface area contributed by atoms with Gasteiger partial charge >= 0.3 is 17.9 Å². The van der Waals surface area contributed by atoms with Crippen LogP contribution in [0.5, 0.6) is 0 Å². The Morgan fingerprint density at radius 1 is 0.304 bits per heavy atom. The molecule has 6 nitrogen and oxygen atoms in total. The Morgan fingerprint density at radius 3 is 0.710 bits per heavy atom. The third-order valence-electron chi connectivity index (χ3n) is 11.2. The van der Waals surface area contributed by atoms with Crippen LogP contribution in [-0.4, -0.2) is 37.7 Å². The van der Waals surface area contributed by atoms with Crippen molar-refractivity contribution in [1.29, 1.82) is 0 Å². The summed E-state index contributed by atoms with van der Waals surface area (Å²) < 4.78 is 16.0. The maximum Gasteiger partial charge on any atom is 0.338 e. The molecule has 0 bridgehead atoms. The Kier molecular flexibility index (Phi) is 17.6. The Bertz CT molecular complexity index is 2690. The van der Waals surface area contributed by atoms with Crippen molar-refractivity contribution in [3.8, 4) is 68.9 Å². The van der Waals surface area contributed by atoms with E-state index >= 15 is 0 Å². The van der Waals surface area contributed by atoms with Gasteiger partial charge < -0.3 is 14.2 Å². The normalized spacial score (nSPS) is 10.3. The predicted molar refractivity (Wildman–Crippen MR) is 276 cm³/mol. The minimum atomic E-state index is -0.319. The first-order chi connectivity index (χ1) is 33.8. The zero-order valence-corrected chi connectivity index (χ0v) is 39.4. The van der Waals surface area contributed by atoms with Crippen LogP contribution >= 0.6 is 0 Å². The second kappa shape index (κ2) is 25.0.